The molecule has 31 heavy (non-hydrogen) atoms. The largest absolute Gasteiger partial charge is 0.365 e. The zero-order valence-electron chi connectivity index (χ0n) is 17.9. The predicted octanol–water partition coefficient (Wildman–Crippen LogP) is 4.74. The van der Waals surface area contributed by atoms with Gasteiger partial charge >= 0.3 is 0 Å². The SMILES string of the molecule is Cc1cc(NS(=O)(=O)c2ccccc2)n(-c2cccc3c(NC(C)(C)C)nccc23)n1. The van der Waals surface area contributed by atoms with Gasteiger partial charge in [-0.15, -0.1) is 0 Å². The summed E-state index contributed by atoms with van der Waals surface area (Å²) in [6.07, 6.45) is 1.74. The minimum atomic E-state index is -3.75. The Morgan fingerprint density at radius 2 is 1.68 bits per heavy atom. The van der Waals surface area contributed by atoms with Crippen molar-refractivity contribution in [3.63, 3.8) is 0 Å². The number of hydrogen-bond donors (Lipinski definition) is 2. The molecule has 0 fully saturated rings. The maximum atomic E-state index is 12.9. The van der Waals surface area contributed by atoms with Crippen LogP contribution in [-0.4, -0.2) is 28.7 Å². The Bertz CT molecular complexity index is 1340. The Morgan fingerprint density at radius 3 is 2.39 bits per heavy atom. The third-order valence-electron chi connectivity index (χ3n) is 4.63. The van der Waals surface area contributed by atoms with Crippen molar-refractivity contribution in [2.75, 3.05) is 10.0 Å². The van der Waals surface area contributed by atoms with Crippen LogP contribution in [0.1, 0.15) is 26.5 Å². The molecule has 0 saturated heterocycles. The van der Waals surface area contributed by atoms with Crippen LogP contribution < -0.4 is 10.0 Å². The van der Waals surface area contributed by atoms with Crippen LogP contribution in [0.15, 0.2) is 71.8 Å². The zero-order chi connectivity index (χ0) is 22.2. The first kappa shape index (κ1) is 20.9. The van der Waals surface area contributed by atoms with Crippen LogP contribution in [-0.2, 0) is 10.0 Å². The van der Waals surface area contributed by atoms with E-state index in [-0.39, 0.29) is 10.4 Å². The molecule has 8 heteroatoms. The maximum Gasteiger partial charge on any atom is 0.263 e. The summed E-state index contributed by atoms with van der Waals surface area (Å²) in [6, 6.07) is 17.7. The van der Waals surface area contributed by atoms with Gasteiger partial charge in [0.05, 0.1) is 16.3 Å². The lowest BCUT2D eigenvalue weighted by Gasteiger charge is -2.22. The minimum Gasteiger partial charge on any atom is -0.365 e. The highest BCUT2D eigenvalue weighted by molar-refractivity contribution is 7.92. The fraction of sp³-hybridized carbons (Fsp3) is 0.217. The normalized spacial score (nSPS) is 12.1. The summed E-state index contributed by atoms with van der Waals surface area (Å²) in [7, 11) is -3.75. The van der Waals surface area contributed by atoms with Crippen molar-refractivity contribution >= 4 is 32.4 Å². The van der Waals surface area contributed by atoms with Gasteiger partial charge in [0.25, 0.3) is 10.0 Å². The molecule has 2 heterocycles. The van der Waals surface area contributed by atoms with E-state index >= 15 is 0 Å². The molecule has 160 valence electrons. The van der Waals surface area contributed by atoms with E-state index in [9.17, 15) is 8.42 Å². The van der Waals surface area contributed by atoms with Gasteiger partial charge in [-0.1, -0.05) is 30.3 Å². The number of hydrogen-bond acceptors (Lipinski definition) is 5. The van der Waals surface area contributed by atoms with Gasteiger partial charge in [-0.25, -0.2) is 18.1 Å². The van der Waals surface area contributed by atoms with Crippen molar-refractivity contribution in [3.05, 3.63) is 72.6 Å². The third-order valence-corrected chi connectivity index (χ3v) is 6.00. The molecule has 0 atom stereocenters. The molecular formula is C23H25N5O2S. The number of anilines is 2. The van der Waals surface area contributed by atoms with Crippen LogP contribution in [0.25, 0.3) is 16.5 Å². The van der Waals surface area contributed by atoms with Crippen molar-refractivity contribution in [3.8, 4) is 5.69 Å². The molecule has 7 nitrogen and oxygen atoms in total. The van der Waals surface area contributed by atoms with Crippen molar-refractivity contribution in [2.24, 2.45) is 0 Å². The smallest absolute Gasteiger partial charge is 0.263 e. The molecule has 0 aliphatic rings. The van der Waals surface area contributed by atoms with Crippen LogP contribution in [0.4, 0.5) is 11.6 Å². The summed E-state index contributed by atoms with van der Waals surface area (Å²) < 4.78 is 30.1. The van der Waals surface area contributed by atoms with Gasteiger partial charge in [0, 0.05) is 28.6 Å². The quantitative estimate of drug-likeness (QED) is 0.473. The second-order valence-electron chi connectivity index (χ2n) is 8.41. The number of aryl methyl sites for hydroxylation is 1. The fourth-order valence-electron chi connectivity index (χ4n) is 3.38. The number of rotatable bonds is 5. The van der Waals surface area contributed by atoms with Gasteiger partial charge in [0.15, 0.2) is 0 Å². The molecule has 0 bridgehead atoms. The molecule has 2 N–H and O–H groups in total. The molecule has 0 aliphatic carbocycles. The van der Waals surface area contributed by atoms with Gasteiger partial charge < -0.3 is 5.32 Å². The molecular weight excluding hydrogens is 410 g/mol. The van der Waals surface area contributed by atoms with Crippen LogP contribution in [0, 0.1) is 6.92 Å². The van der Waals surface area contributed by atoms with E-state index in [2.05, 4.69) is 40.9 Å². The second kappa shape index (κ2) is 7.70. The average Bonchev–Trinajstić information content (AvgIpc) is 3.06. The van der Waals surface area contributed by atoms with E-state index in [0.717, 1.165) is 22.3 Å². The van der Waals surface area contributed by atoms with Crippen LogP contribution in [0.5, 0.6) is 0 Å². The lowest BCUT2D eigenvalue weighted by atomic mass is 10.1. The number of nitrogens with zero attached hydrogens (tertiary/aromatic N) is 3. The topological polar surface area (TPSA) is 88.9 Å². The van der Waals surface area contributed by atoms with Crippen molar-refractivity contribution in [1.82, 2.24) is 14.8 Å². The number of aromatic nitrogens is 3. The third kappa shape index (κ3) is 4.39. The van der Waals surface area contributed by atoms with Crippen LogP contribution >= 0.6 is 0 Å². The first-order valence-corrected chi connectivity index (χ1v) is 11.4. The lowest BCUT2D eigenvalue weighted by Crippen LogP contribution is -2.26. The number of benzene rings is 2. The van der Waals surface area contributed by atoms with Crippen LogP contribution in [0.2, 0.25) is 0 Å². The molecule has 4 aromatic rings. The summed E-state index contributed by atoms with van der Waals surface area (Å²) in [6.45, 7) is 8.05. The number of nitrogens with one attached hydrogen (secondary N) is 2. The Kier molecular flexibility index (Phi) is 5.18. The van der Waals surface area contributed by atoms with Gasteiger partial charge in [0.1, 0.15) is 11.6 Å². The van der Waals surface area contributed by atoms with Gasteiger partial charge in [-0.3, -0.25) is 4.72 Å². The monoisotopic (exact) mass is 435 g/mol. The van der Waals surface area contributed by atoms with E-state index in [0.29, 0.717) is 11.5 Å². The summed E-state index contributed by atoms with van der Waals surface area (Å²) in [4.78, 5) is 4.70. The summed E-state index contributed by atoms with van der Waals surface area (Å²) in [5.74, 6) is 1.14. The first-order chi connectivity index (χ1) is 14.6. The first-order valence-electron chi connectivity index (χ1n) is 9.95. The molecule has 2 aromatic heterocycles. The summed E-state index contributed by atoms with van der Waals surface area (Å²) >= 11 is 0. The Morgan fingerprint density at radius 1 is 0.935 bits per heavy atom. The molecule has 4 rings (SSSR count). The van der Waals surface area contributed by atoms with Gasteiger partial charge in [-0.05, 0) is 52.0 Å². The van der Waals surface area contributed by atoms with Crippen molar-refractivity contribution in [2.45, 2.75) is 38.1 Å². The van der Waals surface area contributed by atoms with Gasteiger partial charge in [0.2, 0.25) is 0 Å². The van der Waals surface area contributed by atoms with Crippen LogP contribution in [0.3, 0.4) is 0 Å². The average molecular weight is 436 g/mol. The Balaban J connectivity index is 1.82. The molecule has 0 amide bonds. The summed E-state index contributed by atoms with van der Waals surface area (Å²) in [5.41, 5.74) is 1.30. The predicted molar refractivity (Wildman–Crippen MR) is 124 cm³/mol. The van der Waals surface area contributed by atoms with Gasteiger partial charge in [-0.2, -0.15) is 5.10 Å². The zero-order valence-corrected chi connectivity index (χ0v) is 18.7. The molecule has 0 radical (unpaired) electrons. The molecule has 2 aromatic carbocycles. The van der Waals surface area contributed by atoms with Crippen molar-refractivity contribution < 1.29 is 8.42 Å². The number of fused-ring (bicyclic) bond motifs is 1. The lowest BCUT2D eigenvalue weighted by molar-refractivity contribution is 0.600. The van der Waals surface area contributed by atoms with E-state index in [4.69, 9.17) is 0 Å². The molecule has 0 aliphatic heterocycles. The van der Waals surface area contributed by atoms with E-state index < -0.39 is 10.0 Å². The summed E-state index contributed by atoms with van der Waals surface area (Å²) in [5, 5.41) is 9.83. The second-order valence-corrected chi connectivity index (χ2v) is 10.1. The standard InChI is InChI=1S/C23H25N5O2S/c1-16-15-21(27-31(29,30)17-9-6-5-7-10-17)28(26-16)20-12-8-11-19-18(20)13-14-24-22(19)25-23(2,3)4/h5-15,27H,1-4H3,(H,24,25). The Labute approximate surface area is 182 Å². The van der Waals surface area contributed by atoms with Crippen molar-refractivity contribution in [1.29, 1.82) is 0 Å². The molecule has 0 saturated carbocycles. The van der Waals surface area contributed by atoms with E-state index in [1.165, 1.54) is 0 Å². The highest BCUT2D eigenvalue weighted by Crippen LogP contribution is 2.30. The number of pyridine rings is 1. The Hall–Kier alpha value is -3.39. The van der Waals surface area contributed by atoms with E-state index in [1.54, 1.807) is 47.3 Å². The molecule has 0 unspecified atom stereocenters. The fourth-order valence-corrected chi connectivity index (χ4v) is 4.44. The van der Waals surface area contributed by atoms with E-state index in [1.807, 2.05) is 31.2 Å². The highest BCUT2D eigenvalue weighted by atomic mass is 32.2. The highest BCUT2D eigenvalue weighted by Gasteiger charge is 2.20. The molecule has 0 spiro atoms. The maximum absolute atomic E-state index is 12.9. The number of sulfonamides is 1. The minimum absolute atomic E-state index is 0.157.